The van der Waals surface area contributed by atoms with Gasteiger partial charge in [-0.1, -0.05) is 13.0 Å². The van der Waals surface area contributed by atoms with Gasteiger partial charge in [0.05, 0.1) is 16.7 Å². The van der Waals surface area contributed by atoms with E-state index in [2.05, 4.69) is 17.1 Å². The Bertz CT molecular complexity index is 1010. The molecule has 33 heavy (non-hydrogen) atoms. The van der Waals surface area contributed by atoms with Gasteiger partial charge in [0.2, 0.25) is 11.8 Å². The van der Waals surface area contributed by atoms with Crippen molar-refractivity contribution in [1.29, 1.82) is 0 Å². The Hall–Kier alpha value is -2.58. The van der Waals surface area contributed by atoms with Gasteiger partial charge < -0.3 is 10.0 Å². The largest absolute Gasteiger partial charge is 0.385 e. The number of imide groups is 2. The van der Waals surface area contributed by atoms with Crippen molar-refractivity contribution in [2.24, 2.45) is 5.92 Å². The van der Waals surface area contributed by atoms with Crippen LogP contribution >= 0.6 is 0 Å². The normalized spacial score (nSPS) is 30.4. The lowest BCUT2D eigenvalue weighted by Crippen LogP contribution is -2.54. The van der Waals surface area contributed by atoms with Gasteiger partial charge in [0, 0.05) is 25.6 Å². The lowest BCUT2D eigenvalue weighted by molar-refractivity contribution is -0.136. The van der Waals surface area contributed by atoms with Crippen LogP contribution in [0.15, 0.2) is 18.2 Å². The van der Waals surface area contributed by atoms with Crippen LogP contribution in [0.3, 0.4) is 0 Å². The van der Waals surface area contributed by atoms with Crippen LogP contribution in [-0.4, -0.2) is 63.7 Å². The van der Waals surface area contributed by atoms with E-state index in [-0.39, 0.29) is 24.0 Å². The van der Waals surface area contributed by atoms with E-state index in [1.54, 1.807) is 18.2 Å². The van der Waals surface area contributed by atoms with Crippen LogP contribution in [0, 0.1) is 5.92 Å². The molecule has 2 N–H and O–H groups in total. The standard InChI is InChI=1S/C25H31N3O5/c1-15-2-5-17(6-3-15)27-12-10-25(33,11-13-27)16-4-7-18-19(14-16)24(32)28(23(18)31)20-8-9-21(29)26-22(20)30/h4,7,14-15,17,20,33H,2-3,5-6,8-13H2,1H3,(H,26,29,30). The molecule has 2 saturated heterocycles. The minimum absolute atomic E-state index is 0.0885. The number of aliphatic hydroxyl groups is 1. The van der Waals surface area contributed by atoms with Gasteiger partial charge in [-0.05, 0) is 68.6 Å². The summed E-state index contributed by atoms with van der Waals surface area (Å²) in [5.41, 5.74) is 0.0633. The van der Waals surface area contributed by atoms with E-state index in [0.29, 0.717) is 24.4 Å². The molecule has 8 nitrogen and oxygen atoms in total. The number of rotatable bonds is 3. The highest BCUT2D eigenvalue weighted by atomic mass is 16.3. The number of benzene rings is 1. The molecule has 1 aromatic carbocycles. The average Bonchev–Trinajstić information content (AvgIpc) is 3.05. The zero-order chi connectivity index (χ0) is 23.3. The smallest absolute Gasteiger partial charge is 0.262 e. The van der Waals surface area contributed by atoms with Crippen molar-refractivity contribution < 1.29 is 24.3 Å². The SMILES string of the molecule is CC1CCC(N2CCC(O)(c3ccc4c(c3)C(=O)N(C3CCC(=O)NC3=O)C4=O)CC2)CC1. The number of piperidine rings is 2. The third-order valence-corrected chi connectivity index (χ3v) is 8.10. The maximum atomic E-state index is 13.1. The summed E-state index contributed by atoms with van der Waals surface area (Å²) in [7, 11) is 0. The lowest BCUT2D eigenvalue weighted by atomic mass is 9.81. The van der Waals surface area contributed by atoms with Crippen molar-refractivity contribution in [3.63, 3.8) is 0 Å². The molecule has 4 aliphatic rings. The van der Waals surface area contributed by atoms with E-state index in [0.717, 1.165) is 23.9 Å². The van der Waals surface area contributed by atoms with Crippen LogP contribution in [0.5, 0.6) is 0 Å². The quantitative estimate of drug-likeness (QED) is 0.678. The van der Waals surface area contributed by atoms with Crippen LogP contribution in [-0.2, 0) is 15.2 Å². The number of carbonyl (C=O) groups is 4. The monoisotopic (exact) mass is 453 g/mol. The van der Waals surface area contributed by atoms with E-state index in [1.807, 2.05) is 0 Å². The molecule has 1 atom stereocenters. The first-order chi connectivity index (χ1) is 15.8. The number of nitrogens with one attached hydrogen (secondary N) is 1. The number of nitrogens with zero attached hydrogens (tertiary/aromatic N) is 2. The zero-order valence-electron chi connectivity index (χ0n) is 19.0. The fourth-order valence-corrected chi connectivity index (χ4v) is 5.92. The Labute approximate surface area is 193 Å². The van der Waals surface area contributed by atoms with Gasteiger partial charge >= 0.3 is 0 Å². The van der Waals surface area contributed by atoms with Crippen LogP contribution < -0.4 is 5.32 Å². The molecule has 3 aliphatic heterocycles. The van der Waals surface area contributed by atoms with Crippen LogP contribution in [0.2, 0.25) is 0 Å². The van der Waals surface area contributed by atoms with E-state index in [1.165, 1.54) is 25.7 Å². The van der Waals surface area contributed by atoms with Gasteiger partial charge in [0.15, 0.2) is 0 Å². The first kappa shape index (κ1) is 22.2. The van der Waals surface area contributed by atoms with Crippen molar-refractivity contribution in [3.05, 3.63) is 34.9 Å². The summed E-state index contributed by atoms with van der Waals surface area (Å²) in [5.74, 6) is -1.28. The minimum atomic E-state index is -1.04. The van der Waals surface area contributed by atoms with E-state index >= 15 is 0 Å². The molecule has 1 saturated carbocycles. The van der Waals surface area contributed by atoms with Gasteiger partial charge in [-0.3, -0.25) is 29.4 Å². The average molecular weight is 454 g/mol. The second kappa shape index (κ2) is 8.33. The number of hydrogen-bond acceptors (Lipinski definition) is 6. The summed E-state index contributed by atoms with van der Waals surface area (Å²) in [6.07, 6.45) is 6.32. The Kier molecular flexibility index (Phi) is 5.61. The molecule has 3 heterocycles. The van der Waals surface area contributed by atoms with Crippen molar-refractivity contribution >= 4 is 23.6 Å². The maximum Gasteiger partial charge on any atom is 0.262 e. The third-order valence-electron chi connectivity index (χ3n) is 8.10. The number of amides is 4. The van der Waals surface area contributed by atoms with Gasteiger partial charge in [-0.25, -0.2) is 0 Å². The number of hydrogen-bond donors (Lipinski definition) is 2. The molecule has 0 bridgehead atoms. The Morgan fingerprint density at radius 1 is 0.939 bits per heavy atom. The second-order valence-corrected chi connectivity index (χ2v) is 10.2. The molecule has 1 unspecified atom stereocenters. The molecule has 0 spiro atoms. The molecule has 1 aliphatic carbocycles. The first-order valence-corrected chi connectivity index (χ1v) is 12.1. The highest BCUT2D eigenvalue weighted by Gasteiger charge is 2.46. The van der Waals surface area contributed by atoms with Crippen LogP contribution in [0.25, 0.3) is 0 Å². The molecule has 5 rings (SSSR count). The highest BCUT2D eigenvalue weighted by molar-refractivity contribution is 6.23. The second-order valence-electron chi connectivity index (χ2n) is 10.2. The number of likely N-dealkylation sites (tertiary alicyclic amines) is 1. The summed E-state index contributed by atoms with van der Waals surface area (Å²) in [4.78, 5) is 53.2. The van der Waals surface area contributed by atoms with E-state index in [4.69, 9.17) is 0 Å². The van der Waals surface area contributed by atoms with E-state index in [9.17, 15) is 24.3 Å². The van der Waals surface area contributed by atoms with Crippen LogP contribution in [0.1, 0.15) is 84.6 Å². The predicted octanol–water partition coefficient (Wildman–Crippen LogP) is 1.95. The minimum Gasteiger partial charge on any atom is -0.385 e. The van der Waals surface area contributed by atoms with Gasteiger partial charge in [-0.2, -0.15) is 0 Å². The predicted molar refractivity (Wildman–Crippen MR) is 119 cm³/mol. The van der Waals surface area contributed by atoms with Gasteiger partial charge in [0.25, 0.3) is 11.8 Å². The van der Waals surface area contributed by atoms with Crippen molar-refractivity contribution in [3.8, 4) is 0 Å². The van der Waals surface area contributed by atoms with Crippen molar-refractivity contribution in [2.45, 2.75) is 76.0 Å². The molecule has 176 valence electrons. The van der Waals surface area contributed by atoms with Gasteiger partial charge in [-0.15, -0.1) is 0 Å². The first-order valence-electron chi connectivity index (χ1n) is 12.1. The zero-order valence-corrected chi connectivity index (χ0v) is 19.0. The summed E-state index contributed by atoms with van der Waals surface area (Å²) in [6.45, 7) is 3.93. The molecule has 1 aromatic rings. The number of fused-ring (bicyclic) bond motifs is 1. The molecular weight excluding hydrogens is 422 g/mol. The summed E-state index contributed by atoms with van der Waals surface area (Å²) >= 11 is 0. The third kappa shape index (κ3) is 3.89. The Morgan fingerprint density at radius 3 is 2.27 bits per heavy atom. The molecule has 0 radical (unpaired) electrons. The summed E-state index contributed by atoms with van der Waals surface area (Å²) < 4.78 is 0. The number of carbonyl (C=O) groups excluding carboxylic acids is 4. The molecule has 8 heteroatoms. The highest BCUT2D eigenvalue weighted by Crippen LogP contribution is 2.38. The summed E-state index contributed by atoms with van der Waals surface area (Å²) in [6, 6.07) is 4.55. The van der Waals surface area contributed by atoms with Crippen LogP contribution in [0.4, 0.5) is 0 Å². The maximum absolute atomic E-state index is 13.1. The Balaban J connectivity index is 1.31. The molecule has 4 amide bonds. The van der Waals surface area contributed by atoms with Gasteiger partial charge in [0.1, 0.15) is 6.04 Å². The molecular formula is C25H31N3O5. The molecule has 0 aromatic heterocycles. The topological polar surface area (TPSA) is 107 Å². The van der Waals surface area contributed by atoms with Crippen molar-refractivity contribution in [1.82, 2.24) is 15.1 Å². The fourth-order valence-electron chi connectivity index (χ4n) is 5.92. The van der Waals surface area contributed by atoms with Crippen molar-refractivity contribution in [2.75, 3.05) is 13.1 Å². The fraction of sp³-hybridized carbons (Fsp3) is 0.600. The molecule has 3 fully saturated rings. The summed E-state index contributed by atoms with van der Waals surface area (Å²) in [5, 5.41) is 13.6. The van der Waals surface area contributed by atoms with E-state index < -0.39 is 35.3 Å². The Morgan fingerprint density at radius 2 is 1.61 bits per heavy atom. The lowest BCUT2D eigenvalue weighted by Gasteiger charge is -2.43.